The Kier molecular flexibility index (Phi) is 4.66. The van der Waals surface area contributed by atoms with E-state index in [1.165, 1.54) is 32.1 Å². The van der Waals surface area contributed by atoms with Gasteiger partial charge in [0.1, 0.15) is 0 Å². The van der Waals surface area contributed by atoms with Gasteiger partial charge in [0.2, 0.25) is 0 Å². The minimum Gasteiger partial charge on any atom is -0.314 e. The monoisotopic (exact) mass is 313 g/mol. The quantitative estimate of drug-likeness (QED) is 0.820. The summed E-state index contributed by atoms with van der Waals surface area (Å²) in [6, 6.07) is 0.491. The SMILES string of the molecule is CC(C)NCC(CC1CC2CCC1C2)C1CCS(=O)(=O)C1. The van der Waals surface area contributed by atoms with Crippen molar-refractivity contribution in [3.05, 3.63) is 0 Å². The summed E-state index contributed by atoms with van der Waals surface area (Å²) < 4.78 is 23.7. The first-order chi connectivity index (χ1) is 9.93. The lowest BCUT2D eigenvalue weighted by Gasteiger charge is -2.30. The van der Waals surface area contributed by atoms with Gasteiger partial charge in [0.25, 0.3) is 0 Å². The van der Waals surface area contributed by atoms with Crippen molar-refractivity contribution in [2.45, 2.75) is 58.4 Å². The minimum absolute atomic E-state index is 0.403. The lowest BCUT2D eigenvalue weighted by atomic mass is 9.77. The van der Waals surface area contributed by atoms with E-state index in [1.54, 1.807) is 0 Å². The third-order valence-electron chi connectivity index (χ3n) is 6.21. The van der Waals surface area contributed by atoms with Crippen molar-refractivity contribution >= 4 is 9.84 Å². The summed E-state index contributed by atoms with van der Waals surface area (Å²) >= 11 is 0. The number of hydrogen-bond donors (Lipinski definition) is 1. The van der Waals surface area contributed by atoms with Gasteiger partial charge >= 0.3 is 0 Å². The Labute approximate surface area is 130 Å². The maximum atomic E-state index is 11.8. The van der Waals surface area contributed by atoms with Crippen molar-refractivity contribution in [1.29, 1.82) is 0 Å². The molecule has 0 amide bonds. The third-order valence-corrected chi connectivity index (χ3v) is 8.01. The Balaban J connectivity index is 1.61. The van der Waals surface area contributed by atoms with E-state index < -0.39 is 9.84 Å². The molecule has 3 fully saturated rings. The van der Waals surface area contributed by atoms with E-state index >= 15 is 0 Å². The molecule has 0 aromatic heterocycles. The second-order valence-corrected chi connectivity index (χ2v) is 10.4. The normalized spacial score (nSPS) is 39.2. The van der Waals surface area contributed by atoms with Crippen LogP contribution in [0, 0.1) is 29.6 Å². The Morgan fingerprint density at radius 2 is 1.95 bits per heavy atom. The van der Waals surface area contributed by atoms with E-state index in [-0.39, 0.29) is 0 Å². The van der Waals surface area contributed by atoms with Gasteiger partial charge in [-0.05, 0) is 68.2 Å². The van der Waals surface area contributed by atoms with E-state index in [9.17, 15) is 8.42 Å². The van der Waals surface area contributed by atoms with Crippen molar-refractivity contribution in [3.63, 3.8) is 0 Å². The van der Waals surface area contributed by atoms with E-state index in [4.69, 9.17) is 0 Å². The molecule has 1 saturated heterocycles. The summed E-state index contributed by atoms with van der Waals surface area (Å²) in [5.41, 5.74) is 0. The van der Waals surface area contributed by atoms with Crippen molar-refractivity contribution in [2.24, 2.45) is 29.6 Å². The summed E-state index contributed by atoms with van der Waals surface area (Å²) in [6.07, 6.45) is 7.92. The third kappa shape index (κ3) is 3.82. The van der Waals surface area contributed by atoms with Gasteiger partial charge in [0.15, 0.2) is 9.84 Å². The second-order valence-electron chi connectivity index (χ2n) is 8.16. The van der Waals surface area contributed by atoms with Crippen LogP contribution in [0.2, 0.25) is 0 Å². The van der Waals surface area contributed by atoms with Crippen LogP contribution >= 0.6 is 0 Å². The molecule has 1 heterocycles. The van der Waals surface area contributed by atoms with Gasteiger partial charge in [-0.25, -0.2) is 8.42 Å². The zero-order valence-electron chi connectivity index (χ0n) is 13.6. The van der Waals surface area contributed by atoms with E-state index in [0.717, 1.165) is 30.7 Å². The van der Waals surface area contributed by atoms with Crippen LogP contribution in [0.3, 0.4) is 0 Å². The Morgan fingerprint density at radius 1 is 1.14 bits per heavy atom. The Morgan fingerprint density at radius 3 is 2.48 bits per heavy atom. The van der Waals surface area contributed by atoms with Crippen molar-refractivity contribution < 1.29 is 8.42 Å². The summed E-state index contributed by atoms with van der Waals surface area (Å²) in [6.45, 7) is 5.37. The lowest BCUT2D eigenvalue weighted by molar-refractivity contribution is 0.219. The molecule has 1 aliphatic heterocycles. The number of hydrogen-bond acceptors (Lipinski definition) is 3. The zero-order chi connectivity index (χ0) is 15.0. The van der Waals surface area contributed by atoms with Crippen LogP contribution in [0.15, 0.2) is 0 Å². The van der Waals surface area contributed by atoms with Crippen molar-refractivity contribution in [2.75, 3.05) is 18.1 Å². The van der Waals surface area contributed by atoms with E-state index in [1.807, 2.05) is 0 Å². The molecule has 0 aromatic rings. The number of nitrogens with one attached hydrogen (secondary N) is 1. The fourth-order valence-electron chi connectivity index (χ4n) is 5.08. The largest absolute Gasteiger partial charge is 0.314 e. The average molecular weight is 314 g/mol. The number of rotatable bonds is 6. The first kappa shape index (κ1) is 15.8. The maximum absolute atomic E-state index is 11.8. The fraction of sp³-hybridized carbons (Fsp3) is 1.00. The molecule has 122 valence electrons. The van der Waals surface area contributed by atoms with Crippen LogP contribution < -0.4 is 5.32 Å². The van der Waals surface area contributed by atoms with E-state index in [0.29, 0.717) is 29.4 Å². The number of fused-ring (bicyclic) bond motifs is 2. The summed E-state index contributed by atoms with van der Waals surface area (Å²) in [5, 5.41) is 3.57. The molecule has 21 heavy (non-hydrogen) atoms. The van der Waals surface area contributed by atoms with Gasteiger partial charge in [-0.1, -0.05) is 20.3 Å². The van der Waals surface area contributed by atoms with Crippen LogP contribution in [-0.2, 0) is 9.84 Å². The van der Waals surface area contributed by atoms with Crippen LogP contribution in [-0.4, -0.2) is 32.5 Å². The van der Waals surface area contributed by atoms with Gasteiger partial charge in [-0.3, -0.25) is 0 Å². The first-order valence-corrected chi connectivity index (χ1v) is 10.7. The van der Waals surface area contributed by atoms with Crippen molar-refractivity contribution in [3.8, 4) is 0 Å². The lowest BCUT2D eigenvalue weighted by Crippen LogP contribution is -2.34. The molecule has 2 saturated carbocycles. The molecule has 3 aliphatic rings. The van der Waals surface area contributed by atoms with Gasteiger partial charge in [-0.2, -0.15) is 0 Å². The second kappa shape index (κ2) is 6.19. The molecule has 3 rings (SSSR count). The summed E-state index contributed by atoms with van der Waals surface area (Å²) in [5.74, 6) is 4.66. The molecule has 0 spiro atoms. The highest BCUT2D eigenvalue weighted by Gasteiger charge is 2.42. The maximum Gasteiger partial charge on any atom is 0.150 e. The molecular weight excluding hydrogens is 282 g/mol. The van der Waals surface area contributed by atoms with Crippen LogP contribution in [0.4, 0.5) is 0 Å². The molecule has 5 atom stereocenters. The van der Waals surface area contributed by atoms with Crippen LogP contribution in [0.5, 0.6) is 0 Å². The van der Waals surface area contributed by atoms with Crippen LogP contribution in [0.1, 0.15) is 52.4 Å². The number of sulfone groups is 1. The molecule has 5 unspecified atom stereocenters. The molecule has 2 aliphatic carbocycles. The molecule has 3 nitrogen and oxygen atoms in total. The smallest absolute Gasteiger partial charge is 0.150 e. The van der Waals surface area contributed by atoms with Crippen LogP contribution in [0.25, 0.3) is 0 Å². The summed E-state index contributed by atoms with van der Waals surface area (Å²) in [7, 11) is -2.75. The Bertz CT molecular complexity index is 459. The fourth-order valence-corrected chi connectivity index (χ4v) is 7.00. The van der Waals surface area contributed by atoms with Crippen molar-refractivity contribution in [1.82, 2.24) is 5.32 Å². The standard InChI is InChI=1S/C17H31NO2S/c1-12(2)18-10-17(15-5-6-21(19,20)11-15)9-16-8-13-3-4-14(16)7-13/h12-18H,3-11H2,1-2H3. The van der Waals surface area contributed by atoms with Gasteiger partial charge in [0, 0.05) is 6.04 Å². The molecule has 0 aromatic carbocycles. The predicted molar refractivity (Wildman–Crippen MR) is 86.9 cm³/mol. The summed E-state index contributed by atoms with van der Waals surface area (Å²) in [4.78, 5) is 0. The average Bonchev–Trinajstić information content (AvgIpc) is 3.09. The first-order valence-electron chi connectivity index (χ1n) is 8.87. The highest BCUT2D eigenvalue weighted by atomic mass is 32.2. The molecule has 1 N–H and O–H groups in total. The highest BCUT2D eigenvalue weighted by molar-refractivity contribution is 7.91. The molecule has 4 heteroatoms. The highest BCUT2D eigenvalue weighted by Crippen LogP contribution is 2.51. The van der Waals surface area contributed by atoms with Gasteiger partial charge in [-0.15, -0.1) is 0 Å². The topological polar surface area (TPSA) is 46.2 Å². The molecule has 2 bridgehead atoms. The van der Waals surface area contributed by atoms with Gasteiger partial charge in [0.05, 0.1) is 11.5 Å². The molecular formula is C17H31NO2S. The predicted octanol–water partition coefficient (Wildman–Crippen LogP) is 2.86. The molecule has 0 radical (unpaired) electrons. The Hall–Kier alpha value is -0.0900. The van der Waals surface area contributed by atoms with E-state index in [2.05, 4.69) is 19.2 Å². The van der Waals surface area contributed by atoms with Gasteiger partial charge < -0.3 is 5.32 Å². The zero-order valence-corrected chi connectivity index (χ0v) is 14.4. The minimum atomic E-state index is -2.75.